The van der Waals surface area contributed by atoms with Crippen LogP contribution in [0.15, 0.2) is 33.6 Å². The number of hydrogen-bond acceptors (Lipinski definition) is 4. The van der Waals surface area contributed by atoms with Crippen molar-refractivity contribution in [3.8, 4) is 0 Å². The summed E-state index contributed by atoms with van der Waals surface area (Å²) >= 11 is 5.18. The Morgan fingerprint density at radius 2 is 2.16 bits per heavy atom. The second kappa shape index (κ2) is 7.31. The number of carbonyl (C=O) groups excluding carboxylic acids is 1. The van der Waals surface area contributed by atoms with Gasteiger partial charge in [0.05, 0.1) is 7.11 Å². The molecule has 19 heavy (non-hydrogen) atoms. The van der Waals surface area contributed by atoms with Crippen LogP contribution >= 0.6 is 27.7 Å². The number of methoxy groups -OCH3 is 1. The Morgan fingerprint density at radius 1 is 1.47 bits per heavy atom. The Bertz CT molecular complexity index is 420. The molecule has 3 nitrogen and oxygen atoms in total. The molecule has 0 radical (unpaired) electrons. The summed E-state index contributed by atoms with van der Waals surface area (Å²) in [4.78, 5) is 12.9. The first-order valence-electron chi connectivity index (χ1n) is 6.41. The number of ether oxygens (including phenoxy) is 1. The zero-order valence-corrected chi connectivity index (χ0v) is 13.3. The van der Waals surface area contributed by atoms with Gasteiger partial charge in [-0.25, -0.2) is 0 Å². The Labute approximate surface area is 126 Å². The summed E-state index contributed by atoms with van der Waals surface area (Å²) in [7, 11) is 1.45. The van der Waals surface area contributed by atoms with E-state index in [1.807, 2.05) is 12.1 Å². The molecule has 104 valence electrons. The first kappa shape index (κ1) is 14.9. The van der Waals surface area contributed by atoms with E-state index in [0.29, 0.717) is 6.04 Å². The van der Waals surface area contributed by atoms with Gasteiger partial charge in [-0.3, -0.25) is 4.79 Å². The molecule has 2 rings (SSSR count). The van der Waals surface area contributed by atoms with Crippen LogP contribution in [0.3, 0.4) is 0 Å². The molecule has 1 saturated carbocycles. The van der Waals surface area contributed by atoms with Crippen LogP contribution in [0.4, 0.5) is 0 Å². The van der Waals surface area contributed by atoms with E-state index in [1.165, 1.54) is 24.8 Å². The third kappa shape index (κ3) is 5.16. The quantitative estimate of drug-likeness (QED) is 0.609. The van der Waals surface area contributed by atoms with E-state index < -0.39 is 0 Å². The van der Waals surface area contributed by atoms with Gasteiger partial charge >= 0.3 is 5.97 Å². The molecule has 0 spiro atoms. The number of rotatable bonds is 7. The summed E-state index contributed by atoms with van der Waals surface area (Å²) in [5.74, 6) is 0.754. The van der Waals surface area contributed by atoms with Gasteiger partial charge in [0, 0.05) is 21.2 Å². The van der Waals surface area contributed by atoms with Gasteiger partial charge < -0.3 is 10.1 Å². The van der Waals surface area contributed by atoms with Crippen LogP contribution in [0.2, 0.25) is 0 Å². The van der Waals surface area contributed by atoms with Crippen LogP contribution in [0.5, 0.6) is 0 Å². The lowest BCUT2D eigenvalue weighted by Gasteiger charge is -2.15. The lowest BCUT2D eigenvalue weighted by Crippen LogP contribution is -2.39. The highest BCUT2D eigenvalue weighted by atomic mass is 79.9. The van der Waals surface area contributed by atoms with Crippen molar-refractivity contribution in [3.63, 3.8) is 0 Å². The van der Waals surface area contributed by atoms with E-state index in [4.69, 9.17) is 4.74 Å². The van der Waals surface area contributed by atoms with Crippen LogP contribution in [0.25, 0.3) is 0 Å². The van der Waals surface area contributed by atoms with Crippen molar-refractivity contribution in [2.75, 3.05) is 12.9 Å². The topological polar surface area (TPSA) is 38.3 Å². The largest absolute Gasteiger partial charge is 0.468 e. The van der Waals surface area contributed by atoms with E-state index in [2.05, 4.69) is 33.4 Å². The Kier molecular flexibility index (Phi) is 5.73. The molecular formula is C14H18BrNO2S. The van der Waals surface area contributed by atoms with Gasteiger partial charge in [0.1, 0.15) is 6.04 Å². The molecular weight excluding hydrogens is 326 g/mol. The second-order valence-corrected chi connectivity index (χ2v) is 6.69. The fourth-order valence-corrected chi connectivity index (χ4v) is 2.95. The number of hydrogen-bond donors (Lipinski definition) is 1. The van der Waals surface area contributed by atoms with Gasteiger partial charge in [-0.05, 0) is 43.5 Å². The van der Waals surface area contributed by atoms with Gasteiger partial charge in [-0.1, -0.05) is 15.9 Å². The van der Waals surface area contributed by atoms with Crippen LogP contribution in [-0.2, 0) is 9.53 Å². The van der Waals surface area contributed by atoms with Crippen molar-refractivity contribution >= 4 is 33.7 Å². The normalized spacial score (nSPS) is 16.1. The molecule has 1 aromatic carbocycles. The average molecular weight is 344 g/mol. The molecule has 0 saturated heterocycles. The Hall–Kier alpha value is -0.520. The third-order valence-corrected chi connectivity index (χ3v) is 4.56. The fourth-order valence-electron chi connectivity index (χ4n) is 1.77. The summed E-state index contributed by atoms with van der Waals surface area (Å²) in [6.07, 6.45) is 3.14. The van der Waals surface area contributed by atoms with Crippen molar-refractivity contribution in [1.29, 1.82) is 0 Å². The average Bonchev–Trinajstić information content (AvgIpc) is 3.23. The van der Waals surface area contributed by atoms with E-state index in [0.717, 1.165) is 16.6 Å². The molecule has 0 aromatic heterocycles. The maximum Gasteiger partial charge on any atom is 0.322 e. The predicted molar refractivity (Wildman–Crippen MR) is 81.4 cm³/mol. The molecule has 1 aromatic rings. The fraction of sp³-hybridized carbons (Fsp3) is 0.500. The van der Waals surface area contributed by atoms with Gasteiger partial charge in [0.25, 0.3) is 0 Å². The maximum absolute atomic E-state index is 11.7. The van der Waals surface area contributed by atoms with Crippen molar-refractivity contribution in [1.82, 2.24) is 5.32 Å². The molecule has 0 bridgehead atoms. The Morgan fingerprint density at radius 3 is 2.74 bits per heavy atom. The van der Waals surface area contributed by atoms with Crippen LogP contribution in [-0.4, -0.2) is 30.9 Å². The second-order valence-electron chi connectivity index (χ2n) is 4.61. The van der Waals surface area contributed by atoms with Gasteiger partial charge in [0.2, 0.25) is 0 Å². The van der Waals surface area contributed by atoms with Crippen molar-refractivity contribution < 1.29 is 9.53 Å². The van der Waals surface area contributed by atoms with Crippen LogP contribution in [0.1, 0.15) is 19.3 Å². The lowest BCUT2D eigenvalue weighted by molar-refractivity contribution is -0.143. The molecule has 1 aliphatic carbocycles. The summed E-state index contributed by atoms with van der Waals surface area (Å²) in [6.45, 7) is 0. The van der Waals surface area contributed by atoms with E-state index in [-0.39, 0.29) is 12.0 Å². The van der Waals surface area contributed by atoms with Crippen LogP contribution < -0.4 is 5.32 Å². The monoisotopic (exact) mass is 343 g/mol. The molecule has 0 heterocycles. The molecule has 1 atom stereocenters. The van der Waals surface area contributed by atoms with Crippen LogP contribution in [0, 0.1) is 0 Å². The summed E-state index contributed by atoms with van der Waals surface area (Å²) in [5.41, 5.74) is 0. The van der Waals surface area contributed by atoms with Gasteiger partial charge in [-0.15, -0.1) is 11.8 Å². The molecule has 1 aliphatic rings. The minimum Gasteiger partial charge on any atom is -0.468 e. The SMILES string of the molecule is COC(=O)C(CCSc1ccc(Br)cc1)NC1CC1. The third-order valence-electron chi connectivity index (χ3n) is 2.99. The standard InChI is InChI=1S/C14H18BrNO2S/c1-18-14(17)13(16-11-4-5-11)8-9-19-12-6-2-10(15)3-7-12/h2-3,6-7,11,13,16H,4-5,8-9H2,1H3. The first-order valence-corrected chi connectivity index (χ1v) is 8.19. The highest BCUT2D eigenvalue weighted by Crippen LogP contribution is 2.23. The molecule has 1 N–H and O–H groups in total. The van der Waals surface area contributed by atoms with Crippen molar-refractivity contribution in [2.24, 2.45) is 0 Å². The molecule has 1 unspecified atom stereocenters. The van der Waals surface area contributed by atoms with Gasteiger partial charge in [0.15, 0.2) is 0 Å². The highest BCUT2D eigenvalue weighted by Gasteiger charge is 2.28. The molecule has 0 aliphatic heterocycles. The Balaban J connectivity index is 1.77. The van der Waals surface area contributed by atoms with Crippen molar-refractivity contribution in [3.05, 3.63) is 28.7 Å². The number of esters is 1. The molecule has 0 amide bonds. The number of nitrogens with one attached hydrogen (secondary N) is 1. The number of benzene rings is 1. The summed E-state index contributed by atoms with van der Waals surface area (Å²) < 4.78 is 5.93. The minimum absolute atomic E-state index is 0.150. The highest BCUT2D eigenvalue weighted by molar-refractivity contribution is 9.10. The molecule has 1 fully saturated rings. The molecule has 5 heteroatoms. The first-order chi connectivity index (χ1) is 9.19. The smallest absolute Gasteiger partial charge is 0.322 e. The van der Waals surface area contributed by atoms with E-state index >= 15 is 0 Å². The van der Waals surface area contributed by atoms with E-state index in [9.17, 15) is 4.79 Å². The van der Waals surface area contributed by atoms with Gasteiger partial charge in [-0.2, -0.15) is 0 Å². The van der Waals surface area contributed by atoms with Crippen molar-refractivity contribution in [2.45, 2.75) is 36.2 Å². The number of carbonyl (C=O) groups is 1. The zero-order valence-electron chi connectivity index (χ0n) is 10.9. The summed E-state index contributed by atoms with van der Waals surface area (Å²) in [5, 5.41) is 3.34. The maximum atomic E-state index is 11.7. The number of halogens is 1. The zero-order chi connectivity index (χ0) is 13.7. The number of thioether (sulfide) groups is 1. The predicted octanol–water partition coefficient (Wildman–Crippen LogP) is 3.22. The van der Waals surface area contributed by atoms with E-state index in [1.54, 1.807) is 11.8 Å². The summed E-state index contributed by atoms with van der Waals surface area (Å²) in [6, 6.07) is 8.57. The minimum atomic E-state index is -0.166. The lowest BCUT2D eigenvalue weighted by atomic mass is 10.2.